The number of hydrogen-bond donors (Lipinski definition) is 4. The summed E-state index contributed by atoms with van der Waals surface area (Å²) in [6.45, 7) is 3.81. The normalized spacial score (nSPS) is 10.4. The molecule has 26 heavy (non-hydrogen) atoms. The zero-order valence-electron chi connectivity index (χ0n) is 14.3. The van der Waals surface area contributed by atoms with Crippen molar-refractivity contribution in [2.45, 2.75) is 13.8 Å². The van der Waals surface area contributed by atoms with Gasteiger partial charge in [-0.2, -0.15) is 0 Å². The molecule has 0 saturated heterocycles. The van der Waals surface area contributed by atoms with Crippen LogP contribution in [0.5, 0.6) is 0 Å². The first-order valence-electron chi connectivity index (χ1n) is 7.96. The lowest BCUT2D eigenvalue weighted by Crippen LogP contribution is -2.20. The standard InChI is InChI=1S/C19H18N4O3/c1-11-3-6-15(7-4-11)21-19(25)22-16-8-5-13-9-14(18(24)23-26)10-20-17(13)12(16)2/h3-10,26H,1-2H3,(H,23,24)(H2,21,22,25). The molecule has 0 unspecified atom stereocenters. The fourth-order valence-corrected chi connectivity index (χ4v) is 2.59. The average molecular weight is 350 g/mol. The SMILES string of the molecule is Cc1ccc(NC(=O)Nc2ccc3cc(C(=O)NO)cnc3c2C)cc1. The molecule has 3 rings (SSSR count). The number of benzene rings is 2. The van der Waals surface area contributed by atoms with Gasteiger partial charge in [0.05, 0.1) is 11.1 Å². The van der Waals surface area contributed by atoms with E-state index in [1.165, 1.54) is 6.20 Å². The van der Waals surface area contributed by atoms with Gasteiger partial charge >= 0.3 is 6.03 Å². The van der Waals surface area contributed by atoms with Gasteiger partial charge in [-0.1, -0.05) is 23.8 Å². The number of pyridine rings is 1. The maximum Gasteiger partial charge on any atom is 0.323 e. The van der Waals surface area contributed by atoms with Gasteiger partial charge in [0.15, 0.2) is 0 Å². The highest BCUT2D eigenvalue weighted by atomic mass is 16.5. The van der Waals surface area contributed by atoms with Crippen molar-refractivity contribution in [3.05, 3.63) is 65.4 Å². The monoisotopic (exact) mass is 350 g/mol. The molecule has 4 N–H and O–H groups in total. The first-order valence-corrected chi connectivity index (χ1v) is 7.96. The van der Waals surface area contributed by atoms with Crippen molar-refractivity contribution in [1.29, 1.82) is 0 Å². The minimum Gasteiger partial charge on any atom is -0.308 e. The second kappa shape index (κ2) is 7.20. The van der Waals surface area contributed by atoms with Crippen molar-refractivity contribution in [1.82, 2.24) is 10.5 Å². The van der Waals surface area contributed by atoms with Crippen molar-refractivity contribution in [3.63, 3.8) is 0 Å². The van der Waals surface area contributed by atoms with Crippen molar-refractivity contribution in [3.8, 4) is 0 Å². The van der Waals surface area contributed by atoms with Crippen molar-refractivity contribution in [2.75, 3.05) is 10.6 Å². The van der Waals surface area contributed by atoms with Gasteiger partial charge in [0.1, 0.15) is 0 Å². The number of urea groups is 1. The van der Waals surface area contributed by atoms with E-state index < -0.39 is 5.91 Å². The van der Waals surface area contributed by atoms with Crippen LogP contribution >= 0.6 is 0 Å². The number of fused-ring (bicyclic) bond motifs is 1. The number of hydrogen-bond acceptors (Lipinski definition) is 4. The van der Waals surface area contributed by atoms with Crippen LogP contribution in [0.3, 0.4) is 0 Å². The Morgan fingerprint density at radius 1 is 1.00 bits per heavy atom. The Morgan fingerprint density at radius 3 is 2.42 bits per heavy atom. The number of anilines is 2. The number of amides is 3. The Bertz CT molecular complexity index is 984. The van der Waals surface area contributed by atoms with Crippen LogP contribution in [0.2, 0.25) is 0 Å². The molecule has 0 aliphatic rings. The molecule has 0 atom stereocenters. The zero-order chi connectivity index (χ0) is 18.7. The second-order valence-corrected chi connectivity index (χ2v) is 5.92. The summed E-state index contributed by atoms with van der Waals surface area (Å²) in [4.78, 5) is 28.0. The molecular formula is C19H18N4O3. The average Bonchev–Trinajstić information content (AvgIpc) is 2.65. The van der Waals surface area contributed by atoms with Crippen LogP contribution in [0.1, 0.15) is 21.5 Å². The summed E-state index contributed by atoms with van der Waals surface area (Å²) < 4.78 is 0. The van der Waals surface area contributed by atoms with E-state index in [0.29, 0.717) is 16.9 Å². The van der Waals surface area contributed by atoms with Crippen molar-refractivity contribution < 1.29 is 14.8 Å². The predicted molar refractivity (Wildman–Crippen MR) is 99.6 cm³/mol. The molecule has 0 radical (unpaired) electrons. The second-order valence-electron chi connectivity index (χ2n) is 5.92. The molecule has 0 aliphatic carbocycles. The molecule has 3 aromatic rings. The van der Waals surface area contributed by atoms with Crippen molar-refractivity contribution >= 4 is 34.2 Å². The quantitative estimate of drug-likeness (QED) is 0.428. The first kappa shape index (κ1) is 17.4. The molecule has 0 spiro atoms. The van der Waals surface area contributed by atoms with Gasteiger partial charge in [-0.05, 0) is 43.7 Å². The number of nitrogens with one attached hydrogen (secondary N) is 3. The van der Waals surface area contributed by atoms with E-state index in [2.05, 4.69) is 15.6 Å². The van der Waals surface area contributed by atoms with Crippen LogP contribution in [-0.2, 0) is 0 Å². The van der Waals surface area contributed by atoms with E-state index in [1.807, 2.05) is 38.1 Å². The Labute approximate surface area is 150 Å². The smallest absolute Gasteiger partial charge is 0.308 e. The van der Waals surface area contributed by atoms with Crippen LogP contribution in [0.25, 0.3) is 10.9 Å². The number of carbonyl (C=O) groups is 2. The summed E-state index contributed by atoms with van der Waals surface area (Å²) in [5, 5.41) is 15.0. The maximum absolute atomic E-state index is 12.2. The Kier molecular flexibility index (Phi) is 4.81. The van der Waals surface area contributed by atoms with Gasteiger partial charge < -0.3 is 10.6 Å². The van der Waals surface area contributed by atoms with Gasteiger partial charge in [0, 0.05) is 23.0 Å². The lowest BCUT2D eigenvalue weighted by molar-refractivity contribution is 0.0706. The lowest BCUT2D eigenvalue weighted by Gasteiger charge is -2.12. The minimum atomic E-state index is -0.628. The van der Waals surface area contributed by atoms with E-state index >= 15 is 0 Å². The number of aryl methyl sites for hydroxylation is 2. The first-order chi connectivity index (χ1) is 12.5. The molecule has 132 valence electrons. The molecule has 7 heteroatoms. The summed E-state index contributed by atoms with van der Waals surface area (Å²) in [7, 11) is 0. The van der Waals surface area contributed by atoms with E-state index in [-0.39, 0.29) is 11.6 Å². The summed E-state index contributed by atoms with van der Waals surface area (Å²) >= 11 is 0. The third kappa shape index (κ3) is 3.62. The number of hydroxylamine groups is 1. The van der Waals surface area contributed by atoms with Crippen molar-refractivity contribution in [2.24, 2.45) is 0 Å². The number of aromatic nitrogens is 1. The van der Waals surface area contributed by atoms with E-state index in [9.17, 15) is 9.59 Å². The van der Waals surface area contributed by atoms with Gasteiger partial charge in [-0.3, -0.25) is 15.0 Å². The Morgan fingerprint density at radius 2 is 1.73 bits per heavy atom. The van der Waals surface area contributed by atoms with Crippen LogP contribution in [0, 0.1) is 13.8 Å². The number of rotatable bonds is 3. The lowest BCUT2D eigenvalue weighted by atomic mass is 10.1. The molecule has 2 aromatic carbocycles. The summed E-state index contributed by atoms with van der Waals surface area (Å²) in [5.74, 6) is -0.628. The Balaban J connectivity index is 1.81. The Hall–Kier alpha value is -3.45. The summed E-state index contributed by atoms with van der Waals surface area (Å²) in [5.41, 5.74) is 5.69. The van der Waals surface area contributed by atoms with Crippen LogP contribution in [0.4, 0.5) is 16.2 Å². The fourth-order valence-electron chi connectivity index (χ4n) is 2.59. The summed E-state index contributed by atoms with van der Waals surface area (Å²) in [6, 6.07) is 12.3. The predicted octanol–water partition coefficient (Wildman–Crippen LogP) is 3.61. The van der Waals surface area contributed by atoms with E-state index in [1.54, 1.807) is 23.7 Å². The highest BCUT2D eigenvalue weighted by Gasteiger charge is 2.11. The fraction of sp³-hybridized carbons (Fsp3) is 0.105. The van der Waals surface area contributed by atoms with Crippen LogP contribution in [0.15, 0.2) is 48.7 Å². The largest absolute Gasteiger partial charge is 0.323 e. The van der Waals surface area contributed by atoms with Gasteiger partial charge in [-0.15, -0.1) is 0 Å². The van der Waals surface area contributed by atoms with Gasteiger partial charge in [0.25, 0.3) is 5.91 Å². The topological polar surface area (TPSA) is 103 Å². The van der Waals surface area contributed by atoms with E-state index in [4.69, 9.17) is 5.21 Å². The van der Waals surface area contributed by atoms with Crippen LogP contribution in [-0.4, -0.2) is 22.1 Å². The van der Waals surface area contributed by atoms with Crippen LogP contribution < -0.4 is 16.1 Å². The number of nitrogens with zero attached hydrogens (tertiary/aromatic N) is 1. The zero-order valence-corrected chi connectivity index (χ0v) is 14.3. The molecule has 0 fully saturated rings. The highest BCUT2D eigenvalue weighted by molar-refractivity contribution is 6.03. The third-order valence-corrected chi connectivity index (χ3v) is 4.03. The molecule has 0 bridgehead atoms. The maximum atomic E-state index is 12.2. The molecule has 7 nitrogen and oxygen atoms in total. The number of carbonyl (C=O) groups excluding carboxylic acids is 2. The molecular weight excluding hydrogens is 332 g/mol. The molecule has 0 saturated carbocycles. The third-order valence-electron chi connectivity index (χ3n) is 4.03. The molecule has 1 aromatic heterocycles. The minimum absolute atomic E-state index is 0.247. The molecule has 0 aliphatic heterocycles. The molecule has 1 heterocycles. The van der Waals surface area contributed by atoms with E-state index in [0.717, 1.165) is 16.5 Å². The summed E-state index contributed by atoms with van der Waals surface area (Å²) in [6.07, 6.45) is 1.37. The van der Waals surface area contributed by atoms with Gasteiger partial charge in [-0.25, -0.2) is 10.3 Å². The molecule has 3 amide bonds. The van der Waals surface area contributed by atoms with Gasteiger partial charge in [0.2, 0.25) is 0 Å². The highest BCUT2D eigenvalue weighted by Crippen LogP contribution is 2.25.